The van der Waals surface area contributed by atoms with Crippen molar-refractivity contribution in [1.29, 1.82) is 0 Å². The van der Waals surface area contributed by atoms with Gasteiger partial charge in [0.15, 0.2) is 0 Å². The monoisotopic (exact) mass is 271 g/mol. The number of benzene rings is 1. The maximum Gasteiger partial charge on any atom is 0.337 e. The van der Waals surface area contributed by atoms with Crippen LogP contribution < -0.4 is 10.6 Å². The van der Waals surface area contributed by atoms with Gasteiger partial charge in [0.05, 0.1) is 24.0 Å². The second-order valence-electron chi connectivity index (χ2n) is 4.48. The zero-order valence-corrected chi connectivity index (χ0v) is 11.5. The highest BCUT2D eigenvalue weighted by Gasteiger charge is 2.11. The molecular formula is C15H17N3O2. The summed E-state index contributed by atoms with van der Waals surface area (Å²) in [6.07, 6.45) is 3.53. The summed E-state index contributed by atoms with van der Waals surface area (Å²) in [5, 5.41) is 0. The first-order valence-corrected chi connectivity index (χ1v) is 6.19. The Kier molecular flexibility index (Phi) is 4.20. The molecular weight excluding hydrogens is 254 g/mol. The minimum Gasteiger partial charge on any atom is -0.465 e. The fourth-order valence-corrected chi connectivity index (χ4v) is 1.97. The molecule has 1 heterocycles. The van der Waals surface area contributed by atoms with Gasteiger partial charge in [-0.1, -0.05) is 6.07 Å². The molecule has 20 heavy (non-hydrogen) atoms. The van der Waals surface area contributed by atoms with Gasteiger partial charge >= 0.3 is 5.97 Å². The van der Waals surface area contributed by atoms with Gasteiger partial charge in [-0.3, -0.25) is 4.98 Å². The topological polar surface area (TPSA) is 68.5 Å². The Morgan fingerprint density at radius 3 is 2.85 bits per heavy atom. The molecule has 0 fully saturated rings. The minimum atomic E-state index is -0.374. The summed E-state index contributed by atoms with van der Waals surface area (Å²) in [6.45, 7) is 0.655. The van der Waals surface area contributed by atoms with Crippen LogP contribution in [0.5, 0.6) is 0 Å². The van der Waals surface area contributed by atoms with E-state index in [-0.39, 0.29) is 5.97 Å². The van der Waals surface area contributed by atoms with E-state index in [1.54, 1.807) is 30.6 Å². The normalized spacial score (nSPS) is 10.1. The Hall–Kier alpha value is -2.56. The van der Waals surface area contributed by atoms with Crippen LogP contribution in [0.15, 0.2) is 42.7 Å². The van der Waals surface area contributed by atoms with Crippen molar-refractivity contribution in [3.05, 3.63) is 53.9 Å². The maximum absolute atomic E-state index is 11.6. The highest BCUT2D eigenvalue weighted by molar-refractivity contribution is 5.92. The van der Waals surface area contributed by atoms with Gasteiger partial charge in [0.1, 0.15) is 0 Å². The van der Waals surface area contributed by atoms with Crippen LogP contribution in [-0.4, -0.2) is 25.1 Å². The zero-order chi connectivity index (χ0) is 14.5. The molecule has 0 unspecified atom stereocenters. The Bertz CT molecular complexity index is 599. The smallest absolute Gasteiger partial charge is 0.337 e. The molecule has 2 aromatic rings. The molecule has 0 atom stereocenters. The summed E-state index contributed by atoms with van der Waals surface area (Å²) in [5.74, 6) is -0.374. The zero-order valence-electron chi connectivity index (χ0n) is 11.5. The van der Waals surface area contributed by atoms with Crippen LogP contribution >= 0.6 is 0 Å². The molecule has 0 saturated carbocycles. The van der Waals surface area contributed by atoms with Crippen molar-refractivity contribution in [2.24, 2.45) is 0 Å². The van der Waals surface area contributed by atoms with E-state index in [0.717, 1.165) is 11.3 Å². The molecule has 0 amide bonds. The number of ether oxygens (including phenoxy) is 1. The number of hydrogen-bond donors (Lipinski definition) is 1. The van der Waals surface area contributed by atoms with Crippen LogP contribution in [-0.2, 0) is 11.3 Å². The lowest BCUT2D eigenvalue weighted by atomic mass is 10.1. The summed E-state index contributed by atoms with van der Waals surface area (Å²) >= 11 is 0. The van der Waals surface area contributed by atoms with E-state index in [2.05, 4.69) is 4.98 Å². The second kappa shape index (κ2) is 6.06. The quantitative estimate of drug-likeness (QED) is 0.681. The molecule has 0 aliphatic carbocycles. The third-order valence-electron chi connectivity index (χ3n) is 3.01. The standard InChI is InChI=1S/C15H17N3O2/c1-18(10-11-4-3-7-17-9-11)14-8-12(15(19)20-2)5-6-13(14)16/h3-9H,10,16H2,1-2H3. The van der Waals surface area contributed by atoms with Crippen LogP contribution in [0.4, 0.5) is 11.4 Å². The summed E-state index contributed by atoms with van der Waals surface area (Å²) in [4.78, 5) is 17.6. The highest BCUT2D eigenvalue weighted by atomic mass is 16.5. The Morgan fingerprint density at radius 2 is 2.20 bits per heavy atom. The molecule has 0 saturated heterocycles. The van der Waals surface area contributed by atoms with Crippen LogP contribution in [0.3, 0.4) is 0 Å². The molecule has 0 aliphatic heterocycles. The van der Waals surface area contributed by atoms with Gasteiger partial charge in [0.25, 0.3) is 0 Å². The summed E-state index contributed by atoms with van der Waals surface area (Å²) in [6, 6.07) is 8.97. The summed E-state index contributed by atoms with van der Waals surface area (Å²) in [5.41, 5.74) is 8.93. The van der Waals surface area contributed by atoms with E-state index in [9.17, 15) is 4.79 Å². The molecule has 1 aromatic heterocycles. The lowest BCUT2D eigenvalue weighted by molar-refractivity contribution is 0.0601. The van der Waals surface area contributed by atoms with Gasteiger partial charge in [-0.25, -0.2) is 4.79 Å². The van der Waals surface area contributed by atoms with Crippen LogP contribution in [0.25, 0.3) is 0 Å². The summed E-state index contributed by atoms with van der Waals surface area (Å²) in [7, 11) is 3.28. The van der Waals surface area contributed by atoms with Gasteiger partial charge < -0.3 is 15.4 Å². The number of nitrogen functional groups attached to an aromatic ring is 1. The number of aromatic nitrogens is 1. The van der Waals surface area contributed by atoms with Crippen LogP contribution in [0, 0.1) is 0 Å². The fourth-order valence-electron chi connectivity index (χ4n) is 1.97. The van der Waals surface area contributed by atoms with E-state index >= 15 is 0 Å². The number of methoxy groups -OCH3 is 1. The molecule has 2 N–H and O–H groups in total. The molecule has 104 valence electrons. The number of nitrogens with zero attached hydrogens (tertiary/aromatic N) is 2. The number of hydrogen-bond acceptors (Lipinski definition) is 5. The Morgan fingerprint density at radius 1 is 1.40 bits per heavy atom. The van der Waals surface area contributed by atoms with Gasteiger partial charge in [-0.05, 0) is 29.8 Å². The van der Waals surface area contributed by atoms with E-state index in [1.165, 1.54) is 7.11 Å². The van der Waals surface area contributed by atoms with E-state index in [0.29, 0.717) is 17.8 Å². The van der Waals surface area contributed by atoms with Crippen molar-refractivity contribution in [3.63, 3.8) is 0 Å². The number of pyridine rings is 1. The highest BCUT2D eigenvalue weighted by Crippen LogP contribution is 2.25. The number of nitrogens with two attached hydrogens (primary N) is 1. The average Bonchev–Trinajstić information content (AvgIpc) is 2.48. The molecule has 0 radical (unpaired) electrons. The van der Waals surface area contributed by atoms with Crippen molar-refractivity contribution in [3.8, 4) is 0 Å². The van der Waals surface area contributed by atoms with Crippen molar-refractivity contribution < 1.29 is 9.53 Å². The van der Waals surface area contributed by atoms with Gasteiger partial charge in [0, 0.05) is 26.0 Å². The van der Waals surface area contributed by atoms with Gasteiger partial charge in [-0.2, -0.15) is 0 Å². The molecule has 0 bridgehead atoms. The van der Waals surface area contributed by atoms with Crippen LogP contribution in [0.1, 0.15) is 15.9 Å². The number of carbonyl (C=O) groups is 1. The van der Waals surface area contributed by atoms with Crippen LogP contribution in [0.2, 0.25) is 0 Å². The van der Waals surface area contributed by atoms with E-state index in [1.807, 2.05) is 24.1 Å². The van der Waals surface area contributed by atoms with Crippen molar-refractivity contribution in [2.75, 3.05) is 24.8 Å². The van der Waals surface area contributed by atoms with Gasteiger partial charge in [-0.15, -0.1) is 0 Å². The third-order valence-corrected chi connectivity index (χ3v) is 3.01. The lowest BCUT2D eigenvalue weighted by Crippen LogP contribution is -2.18. The molecule has 0 spiro atoms. The second-order valence-corrected chi connectivity index (χ2v) is 4.48. The third kappa shape index (κ3) is 3.06. The van der Waals surface area contributed by atoms with Crippen molar-refractivity contribution >= 4 is 17.3 Å². The fraction of sp³-hybridized carbons (Fsp3) is 0.200. The van der Waals surface area contributed by atoms with Gasteiger partial charge in [0.2, 0.25) is 0 Å². The first-order chi connectivity index (χ1) is 9.61. The lowest BCUT2D eigenvalue weighted by Gasteiger charge is -2.21. The Balaban J connectivity index is 2.25. The molecule has 1 aromatic carbocycles. The van der Waals surface area contributed by atoms with E-state index < -0.39 is 0 Å². The summed E-state index contributed by atoms with van der Waals surface area (Å²) < 4.78 is 4.72. The average molecular weight is 271 g/mol. The number of carbonyl (C=O) groups excluding carboxylic acids is 1. The molecule has 0 aliphatic rings. The number of rotatable bonds is 4. The number of anilines is 2. The SMILES string of the molecule is COC(=O)c1ccc(N)c(N(C)Cc2cccnc2)c1. The molecule has 2 rings (SSSR count). The molecule has 5 nitrogen and oxygen atoms in total. The maximum atomic E-state index is 11.6. The van der Waals surface area contributed by atoms with E-state index in [4.69, 9.17) is 10.5 Å². The largest absolute Gasteiger partial charge is 0.465 e. The van der Waals surface area contributed by atoms with Crippen molar-refractivity contribution in [2.45, 2.75) is 6.54 Å². The first kappa shape index (κ1) is 13.9. The number of esters is 1. The molecule has 5 heteroatoms. The predicted octanol–water partition coefficient (Wildman–Crippen LogP) is 2.09. The Labute approximate surface area is 118 Å². The predicted molar refractivity (Wildman–Crippen MR) is 78.5 cm³/mol. The van der Waals surface area contributed by atoms with Crippen molar-refractivity contribution in [1.82, 2.24) is 4.98 Å². The minimum absolute atomic E-state index is 0.374. The first-order valence-electron chi connectivity index (χ1n) is 6.19.